The van der Waals surface area contributed by atoms with Crippen molar-refractivity contribution in [3.8, 4) is 0 Å². The maximum absolute atomic E-state index is 13.8. The minimum atomic E-state index is -0.604. The van der Waals surface area contributed by atoms with E-state index in [1.807, 2.05) is 7.05 Å². The fourth-order valence-corrected chi connectivity index (χ4v) is 2.42. The summed E-state index contributed by atoms with van der Waals surface area (Å²) in [7, 11) is 3.51. The van der Waals surface area contributed by atoms with Crippen LogP contribution in [0.5, 0.6) is 0 Å². The summed E-state index contributed by atoms with van der Waals surface area (Å²) in [5.41, 5.74) is 1.45. The Morgan fingerprint density at radius 1 is 1.08 bits per heavy atom. The molecular weight excluding hydrogens is 357 g/mol. The first kappa shape index (κ1) is 21.6. The van der Waals surface area contributed by atoms with Gasteiger partial charge in [0.1, 0.15) is 5.82 Å². The van der Waals surface area contributed by atoms with Gasteiger partial charge in [-0.2, -0.15) is 0 Å². The average Bonchev–Trinajstić information content (AvgIpc) is 2.61. The van der Waals surface area contributed by atoms with Crippen LogP contribution in [0.3, 0.4) is 0 Å². The van der Waals surface area contributed by atoms with E-state index in [1.54, 1.807) is 43.1 Å². The molecule has 2 rings (SSSR count). The number of para-hydroxylation sites is 1. The topological polar surface area (TPSA) is 61.4 Å². The third kappa shape index (κ3) is 5.03. The molecule has 0 aliphatic heterocycles. The second-order valence-electron chi connectivity index (χ2n) is 5.76. The Labute approximate surface area is 159 Å². The van der Waals surface area contributed by atoms with Gasteiger partial charge in [-0.1, -0.05) is 24.3 Å². The number of halogens is 2. The van der Waals surface area contributed by atoms with Crippen molar-refractivity contribution in [2.45, 2.75) is 6.92 Å². The molecule has 2 aromatic rings. The molecule has 7 heteroatoms. The molecule has 0 atom stereocenters. The predicted molar refractivity (Wildman–Crippen MR) is 104 cm³/mol. The van der Waals surface area contributed by atoms with Crippen molar-refractivity contribution in [2.24, 2.45) is 0 Å². The fraction of sp³-hybridized carbons (Fsp3) is 0.263. The molecule has 2 N–H and O–H groups in total. The summed E-state index contributed by atoms with van der Waals surface area (Å²) >= 11 is 0. The van der Waals surface area contributed by atoms with E-state index in [4.69, 9.17) is 0 Å². The molecule has 26 heavy (non-hydrogen) atoms. The van der Waals surface area contributed by atoms with Gasteiger partial charge < -0.3 is 15.5 Å². The van der Waals surface area contributed by atoms with Crippen LogP contribution in [0, 0.1) is 12.7 Å². The third-order valence-corrected chi connectivity index (χ3v) is 3.90. The zero-order chi connectivity index (χ0) is 18.4. The smallest absolute Gasteiger partial charge is 0.258 e. The molecule has 0 spiro atoms. The summed E-state index contributed by atoms with van der Waals surface area (Å²) in [5, 5.41) is 5.67. The SMILES string of the molecule is CNCCN(C)C(=O)c1cccc(C)c1NC(=O)c1ccccc1F.Cl. The van der Waals surface area contributed by atoms with Crippen molar-refractivity contribution in [2.75, 3.05) is 32.5 Å². The number of aryl methyl sites for hydroxylation is 1. The van der Waals surface area contributed by atoms with Gasteiger partial charge in [0.05, 0.1) is 16.8 Å². The van der Waals surface area contributed by atoms with Gasteiger partial charge in [-0.3, -0.25) is 9.59 Å². The highest BCUT2D eigenvalue weighted by molar-refractivity contribution is 6.09. The van der Waals surface area contributed by atoms with Crippen molar-refractivity contribution >= 4 is 29.9 Å². The number of carbonyl (C=O) groups excluding carboxylic acids is 2. The Balaban J connectivity index is 0.00000338. The van der Waals surface area contributed by atoms with Crippen LogP contribution >= 0.6 is 12.4 Å². The summed E-state index contributed by atoms with van der Waals surface area (Å²) in [6, 6.07) is 10.9. The van der Waals surface area contributed by atoms with Crippen molar-refractivity contribution < 1.29 is 14.0 Å². The van der Waals surface area contributed by atoms with Crippen molar-refractivity contribution in [3.05, 3.63) is 65.0 Å². The number of amides is 2. The Hall–Kier alpha value is -2.44. The molecule has 2 amide bonds. The Bertz CT molecular complexity index is 783. The Morgan fingerprint density at radius 2 is 1.73 bits per heavy atom. The van der Waals surface area contributed by atoms with Gasteiger partial charge in [-0.15, -0.1) is 12.4 Å². The van der Waals surface area contributed by atoms with Crippen molar-refractivity contribution in [1.82, 2.24) is 10.2 Å². The van der Waals surface area contributed by atoms with Gasteiger partial charge in [-0.25, -0.2) is 4.39 Å². The second-order valence-corrected chi connectivity index (χ2v) is 5.76. The first-order valence-electron chi connectivity index (χ1n) is 8.01. The largest absolute Gasteiger partial charge is 0.340 e. The summed E-state index contributed by atoms with van der Waals surface area (Å²) in [5.74, 6) is -1.39. The van der Waals surface area contributed by atoms with Gasteiger partial charge in [0.2, 0.25) is 0 Å². The highest BCUT2D eigenvalue weighted by atomic mass is 35.5. The quantitative estimate of drug-likeness (QED) is 0.810. The van der Waals surface area contributed by atoms with Gasteiger partial charge in [0, 0.05) is 20.1 Å². The molecule has 0 bridgehead atoms. The molecular formula is C19H23ClFN3O2. The standard InChI is InChI=1S/C19H22FN3O2.ClH/c1-13-7-6-9-15(19(25)23(3)12-11-21-2)17(13)22-18(24)14-8-4-5-10-16(14)20;/h4-10,21H,11-12H2,1-3H3,(H,22,24);1H. The molecule has 140 valence electrons. The highest BCUT2D eigenvalue weighted by Gasteiger charge is 2.20. The van der Waals surface area contributed by atoms with Crippen molar-refractivity contribution in [1.29, 1.82) is 0 Å². The maximum atomic E-state index is 13.8. The lowest BCUT2D eigenvalue weighted by atomic mass is 10.1. The number of nitrogens with zero attached hydrogens (tertiary/aromatic N) is 1. The number of likely N-dealkylation sites (N-methyl/N-ethyl adjacent to an activating group) is 2. The van der Waals surface area contributed by atoms with E-state index in [-0.39, 0.29) is 23.9 Å². The van der Waals surface area contributed by atoms with Gasteiger partial charge in [0.25, 0.3) is 11.8 Å². The third-order valence-electron chi connectivity index (χ3n) is 3.90. The zero-order valence-corrected chi connectivity index (χ0v) is 15.8. The molecule has 0 aromatic heterocycles. The fourth-order valence-electron chi connectivity index (χ4n) is 2.42. The van der Waals surface area contributed by atoms with Crippen LogP contribution in [0.2, 0.25) is 0 Å². The summed E-state index contributed by atoms with van der Waals surface area (Å²) in [6.07, 6.45) is 0. The number of nitrogens with one attached hydrogen (secondary N) is 2. The molecule has 0 aliphatic rings. The van der Waals surface area contributed by atoms with Crippen LogP contribution in [0.1, 0.15) is 26.3 Å². The Morgan fingerprint density at radius 3 is 2.38 bits per heavy atom. The predicted octanol–water partition coefficient (Wildman–Crippen LogP) is 3.10. The van der Waals surface area contributed by atoms with E-state index < -0.39 is 11.7 Å². The minimum Gasteiger partial charge on any atom is -0.340 e. The molecule has 0 aliphatic carbocycles. The van der Waals surface area contributed by atoms with E-state index >= 15 is 0 Å². The molecule has 0 fully saturated rings. The maximum Gasteiger partial charge on any atom is 0.258 e. The molecule has 5 nitrogen and oxygen atoms in total. The van der Waals surface area contributed by atoms with Crippen LogP contribution in [-0.2, 0) is 0 Å². The van der Waals surface area contributed by atoms with E-state index in [9.17, 15) is 14.0 Å². The number of hydrogen-bond donors (Lipinski definition) is 2. The molecule has 0 heterocycles. The zero-order valence-electron chi connectivity index (χ0n) is 15.0. The van der Waals surface area contributed by atoms with Gasteiger partial charge in [0.15, 0.2) is 0 Å². The van der Waals surface area contributed by atoms with E-state index in [0.717, 1.165) is 5.56 Å². The molecule has 0 unspecified atom stereocenters. The van der Waals surface area contributed by atoms with E-state index in [0.29, 0.717) is 24.3 Å². The first-order valence-corrected chi connectivity index (χ1v) is 8.01. The number of carbonyl (C=O) groups is 2. The van der Waals surface area contributed by atoms with Crippen LogP contribution in [0.4, 0.5) is 10.1 Å². The highest BCUT2D eigenvalue weighted by Crippen LogP contribution is 2.23. The lowest BCUT2D eigenvalue weighted by Gasteiger charge is -2.20. The monoisotopic (exact) mass is 379 g/mol. The van der Waals surface area contributed by atoms with Crippen molar-refractivity contribution in [3.63, 3.8) is 0 Å². The first-order chi connectivity index (χ1) is 12.0. The normalized spacial score (nSPS) is 10.0. The van der Waals surface area contributed by atoms with Crippen LogP contribution < -0.4 is 10.6 Å². The Kier molecular flexibility index (Phi) is 8.22. The second kappa shape index (κ2) is 9.89. The molecule has 0 saturated heterocycles. The van der Waals surface area contributed by atoms with E-state index in [1.165, 1.54) is 18.2 Å². The van der Waals surface area contributed by atoms with Crippen LogP contribution in [0.25, 0.3) is 0 Å². The van der Waals surface area contributed by atoms with Gasteiger partial charge >= 0.3 is 0 Å². The summed E-state index contributed by atoms with van der Waals surface area (Å²) < 4.78 is 13.8. The number of rotatable bonds is 6. The molecule has 2 aromatic carbocycles. The number of hydrogen-bond acceptors (Lipinski definition) is 3. The number of anilines is 1. The van der Waals surface area contributed by atoms with Crippen LogP contribution in [0.15, 0.2) is 42.5 Å². The summed E-state index contributed by atoms with van der Waals surface area (Å²) in [4.78, 5) is 26.7. The van der Waals surface area contributed by atoms with Crippen LogP contribution in [-0.4, -0.2) is 43.9 Å². The lowest BCUT2D eigenvalue weighted by molar-refractivity contribution is 0.0798. The average molecular weight is 380 g/mol. The molecule has 0 radical (unpaired) electrons. The van der Waals surface area contributed by atoms with E-state index in [2.05, 4.69) is 10.6 Å². The minimum absolute atomic E-state index is 0. The number of benzene rings is 2. The summed E-state index contributed by atoms with van der Waals surface area (Å²) in [6.45, 7) is 2.98. The van der Waals surface area contributed by atoms with Gasteiger partial charge in [-0.05, 0) is 37.7 Å². The lowest BCUT2D eigenvalue weighted by Crippen LogP contribution is -2.33. The molecule has 0 saturated carbocycles.